The maximum atomic E-state index is 13.5. The van der Waals surface area contributed by atoms with Crippen LogP contribution in [0.5, 0.6) is 0 Å². The fourth-order valence-electron chi connectivity index (χ4n) is 1.69. The van der Waals surface area contributed by atoms with Gasteiger partial charge in [0.15, 0.2) is 0 Å². The number of rotatable bonds is 5. The Morgan fingerprint density at radius 3 is 2.95 bits per heavy atom. The van der Waals surface area contributed by atoms with Crippen molar-refractivity contribution < 1.29 is 8.81 Å². The summed E-state index contributed by atoms with van der Waals surface area (Å²) < 4.78 is 18.9. The van der Waals surface area contributed by atoms with Gasteiger partial charge in [0, 0.05) is 5.38 Å². The minimum absolute atomic E-state index is 0.275. The van der Waals surface area contributed by atoms with Gasteiger partial charge in [0.1, 0.15) is 5.82 Å². The fourth-order valence-corrected chi connectivity index (χ4v) is 2.25. The standard InChI is InChI=1S/C13H11FN4OS/c14-11-4-2-1-3-9(11)5-12-17-18-13(19-12)15-6-10-7-20-8-16-10/h1-4,7-8H,5-6H2,(H,15,18). The molecule has 0 fully saturated rings. The second-order valence-electron chi connectivity index (χ2n) is 4.10. The average Bonchev–Trinajstić information content (AvgIpc) is 3.10. The monoisotopic (exact) mass is 290 g/mol. The third-order valence-electron chi connectivity index (χ3n) is 2.67. The van der Waals surface area contributed by atoms with E-state index in [0.717, 1.165) is 5.69 Å². The van der Waals surface area contributed by atoms with E-state index < -0.39 is 0 Å². The Labute approximate surface area is 118 Å². The first kappa shape index (κ1) is 12.7. The van der Waals surface area contributed by atoms with E-state index in [-0.39, 0.29) is 12.2 Å². The molecule has 0 aliphatic carbocycles. The summed E-state index contributed by atoms with van der Waals surface area (Å²) in [7, 11) is 0. The molecule has 3 aromatic rings. The van der Waals surface area contributed by atoms with Crippen LogP contribution in [0.25, 0.3) is 0 Å². The highest BCUT2D eigenvalue weighted by Crippen LogP contribution is 2.14. The van der Waals surface area contributed by atoms with E-state index in [1.807, 2.05) is 5.38 Å². The van der Waals surface area contributed by atoms with Crippen LogP contribution in [0.4, 0.5) is 10.4 Å². The molecule has 0 unspecified atom stereocenters. The first-order chi connectivity index (χ1) is 9.81. The zero-order valence-corrected chi connectivity index (χ0v) is 11.2. The van der Waals surface area contributed by atoms with Crippen LogP contribution in [0.15, 0.2) is 39.6 Å². The number of aromatic nitrogens is 3. The maximum absolute atomic E-state index is 13.5. The molecule has 3 rings (SSSR count). The highest BCUT2D eigenvalue weighted by Gasteiger charge is 2.09. The van der Waals surface area contributed by atoms with E-state index in [1.54, 1.807) is 23.7 Å². The minimum Gasteiger partial charge on any atom is -0.408 e. The summed E-state index contributed by atoms with van der Waals surface area (Å²) in [5.74, 6) is 0.0959. The van der Waals surface area contributed by atoms with E-state index in [0.29, 0.717) is 24.0 Å². The van der Waals surface area contributed by atoms with Crippen molar-refractivity contribution in [2.24, 2.45) is 0 Å². The molecule has 0 aliphatic heterocycles. The number of nitrogens with one attached hydrogen (secondary N) is 1. The molecule has 7 heteroatoms. The normalized spacial score (nSPS) is 10.7. The van der Waals surface area contributed by atoms with Crippen molar-refractivity contribution in [2.75, 3.05) is 5.32 Å². The van der Waals surface area contributed by atoms with Crippen LogP contribution in [0, 0.1) is 5.82 Å². The van der Waals surface area contributed by atoms with Gasteiger partial charge in [-0.1, -0.05) is 23.3 Å². The Kier molecular flexibility index (Phi) is 3.69. The minimum atomic E-state index is -0.275. The quantitative estimate of drug-likeness (QED) is 0.782. The Hall–Kier alpha value is -2.28. The summed E-state index contributed by atoms with van der Waals surface area (Å²) in [4.78, 5) is 4.13. The molecule has 0 bridgehead atoms. The largest absolute Gasteiger partial charge is 0.408 e. The van der Waals surface area contributed by atoms with Gasteiger partial charge < -0.3 is 9.73 Å². The molecule has 102 valence electrons. The topological polar surface area (TPSA) is 63.8 Å². The van der Waals surface area contributed by atoms with Crippen molar-refractivity contribution in [3.05, 3.63) is 58.1 Å². The van der Waals surface area contributed by atoms with Gasteiger partial charge in [-0.2, -0.15) is 0 Å². The summed E-state index contributed by atoms with van der Waals surface area (Å²) in [6, 6.07) is 6.84. The lowest BCUT2D eigenvalue weighted by Crippen LogP contribution is -1.99. The summed E-state index contributed by atoms with van der Waals surface area (Å²) in [5, 5.41) is 12.7. The lowest BCUT2D eigenvalue weighted by molar-refractivity contribution is 0.510. The van der Waals surface area contributed by atoms with Crippen molar-refractivity contribution in [2.45, 2.75) is 13.0 Å². The number of halogens is 1. The molecule has 1 aromatic carbocycles. The van der Waals surface area contributed by atoms with Crippen molar-refractivity contribution in [1.82, 2.24) is 15.2 Å². The SMILES string of the molecule is Fc1ccccc1Cc1nnc(NCc2cscn2)o1. The lowest BCUT2D eigenvalue weighted by atomic mass is 10.1. The first-order valence-corrected chi connectivity index (χ1v) is 6.92. The van der Waals surface area contributed by atoms with Gasteiger partial charge in [0.05, 0.1) is 24.2 Å². The van der Waals surface area contributed by atoms with Gasteiger partial charge in [0.25, 0.3) is 0 Å². The van der Waals surface area contributed by atoms with Crippen molar-refractivity contribution in [1.29, 1.82) is 0 Å². The van der Waals surface area contributed by atoms with Crippen LogP contribution in [0.3, 0.4) is 0 Å². The summed E-state index contributed by atoms with van der Waals surface area (Å²) in [6.07, 6.45) is 0.276. The highest BCUT2D eigenvalue weighted by atomic mass is 32.1. The summed E-state index contributed by atoms with van der Waals surface area (Å²) in [6.45, 7) is 0.519. The van der Waals surface area contributed by atoms with E-state index >= 15 is 0 Å². The second kappa shape index (κ2) is 5.79. The van der Waals surface area contributed by atoms with Crippen LogP contribution in [-0.2, 0) is 13.0 Å². The molecule has 0 amide bonds. The molecule has 5 nitrogen and oxygen atoms in total. The molecule has 2 aromatic heterocycles. The number of anilines is 1. The van der Waals surface area contributed by atoms with Crippen LogP contribution in [0.1, 0.15) is 17.1 Å². The lowest BCUT2D eigenvalue weighted by Gasteiger charge is -1.99. The maximum Gasteiger partial charge on any atom is 0.315 e. The Bertz CT molecular complexity index is 683. The number of nitrogens with zero attached hydrogens (tertiary/aromatic N) is 3. The summed E-state index contributed by atoms with van der Waals surface area (Å²) in [5.41, 5.74) is 3.19. The molecule has 1 N–H and O–H groups in total. The number of hydrogen-bond acceptors (Lipinski definition) is 6. The molecule has 0 radical (unpaired) electrons. The van der Waals surface area contributed by atoms with Gasteiger partial charge in [-0.15, -0.1) is 16.4 Å². The molecule has 0 saturated carbocycles. The van der Waals surface area contributed by atoms with Gasteiger partial charge in [0.2, 0.25) is 5.89 Å². The Balaban J connectivity index is 1.63. The van der Waals surface area contributed by atoms with E-state index in [2.05, 4.69) is 20.5 Å². The highest BCUT2D eigenvalue weighted by molar-refractivity contribution is 7.07. The average molecular weight is 290 g/mol. The van der Waals surface area contributed by atoms with Crippen molar-refractivity contribution >= 4 is 17.4 Å². The van der Waals surface area contributed by atoms with Crippen LogP contribution < -0.4 is 5.32 Å². The third kappa shape index (κ3) is 3.00. The Morgan fingerprint density at radius 2 is 2.15 bits per heavy atom. The zero-order chi connectivity index (χ0) is 13.8. The fraction of sp³-hybridized carbons (Fsp3) is 0.154. The molecule has 0 saturated heterocycles. The summed E-state index contributed by atoms with van der Waals surface area (Å²) >= 11 is 1.52. The molecule has 0 aliphatic rings. The molecular weight excluding hydrogens is 279 g/mol. The number of benzene rings is 1. The van der Waals surface area contributed by atoms with E-state index in [1.165, 1.54) is 17.4 Å². The van der Waals surface area contributed by atoms with Gasteiger partial charge in [-0.05, 0) is 11.6 Å². The van der Waals surface area contributed by atoms with Crippen LogP contribution in [0.2, 0.25) is 0 Å². The van der Waals surface area contributed by atoms with E-state index in [9.17, 15) is 4.39 Å². The van der Waals surface area contributed by atoms with E-state index in [4.69, 9.17) is 4.42 Å². The van der Waals surface area contributed by atoms with Crippen LogP contribution >= 0.6 is 11.3 Å². The Morgan fingerprint density at radius 1 is 1.25 bits per heavy atom. The molecule has 20 heavy (non-hydrogen) atoms. The molecule has 0 spiro atoms. The number of thiazole rings is 1. The van der Waals surface area contributed by atoms with Gasteiger partial charge >= 0.3 is 6.01 Å². The molecular formula is C13H11FN4OS. The third-order valence-corrected chi connectivity index (χ3v) is 3.31. The molecule has 2 heterocycles. The smallest absolute Gasteiger partial charge is 0.315 e. The van der Waals surface area contributed by atoms with Gasteiger partial charge in [-0.3, -0.25) is 0 Å². The second-order valence-corrected chi connectivity index (χ2v) is 4.82. The predicted molar refractivity (Wildman–Crippen MR) is 72.9 cm³/mol. The predicted octanol–water partition coefficient (Wildman–Crippen LogP) is 2.87. The molecule has 0 atom stereocenters. The first-order valence-electron chi connectivity index (χ1n) is 5.98. The van der Waals surface area contributed by atoms with Crippen molar-refractivity contribution in [3.63, 3.8) is 0 Å². The van der Waals surface area contributed by atoms with Gasteiger partial charge in [-0.25, -0.2) is 9.37 Å². The number of hydrogen-bond donors (Lipinski definition) is 1. The zero-order valence-electron chi connectivity index (χ0n) is 10.4. The van der Waals surface area contributed by atoms with Crippen molar-refractivity contribution in [3.8, 4) is 0 Å². The van der Waals surface area contributed by atoms with Crippen LogP contribution in [-0.4, -0.2) is 15.2 Å².